The third-order valence-electron chi connectivity index (χ3n) is 8.43. The molecule has 0 atom stereocenters. The highest BCUT2D eigenvalue weighted by molar-refractivity contribution is 7.86. The molecule has 2 aromatic rings. The van der Waals surface area contributed by atoms with Crippen molar-refractivity contribution in [2.24, 2.45) is 22.9 Å². The van der Waals surface area contributed by atoms with Gasteiger partial charge < -0.3 is 22.9 Å². The van der Waals surface area contributed by atoms with Crippen molar-refractivity contribution in [3.8, 4) is 0 Å². The van der Waals surface area contributed by atoms with Crippen molar-refractivity contribution in [3.63, 3.8) is 0 Å². The van der Waals surface area contributed by atoms with Crippen molar-refractivity contribution in [2.45, 2.75) is 165 Å². The summed E-state index contributed by atoms with van der Waals surface area (Å²) in [5.74, 6) is 0. The number of benzene rings is 2. The van der Waals surface area contributed by atoms with E-state index in [4.69, 9.17) is 22.9 Å². The molecular formula is C40H76N4O6S2. The molecule has 0 heterocycles. The Labute approximate surface area is 318 Å². The van der Waals surface area contributed by atoms with E-state index in [-0.39, 0.29) is 9.79 Å². The molecule has 0 fully saturated rings. The van der Waals surface area contributed by atoms with Gasteiger partial charge in [0.25, 0.3) is 20.2 Å². The molecule has 0 aliphatic carbocycles. The zero-order chi connectivity index (χ0) is 39.4. The molecule has 2 aromatic carbocycles. The van der Waals surface area contributed by atoms with Crippen LogP contribution in [0.4, 0.5) is 0 Å². The monoisotopic (exact) mass is 773 g/mol. The van der Waals surface area contributed by atoms with Gasteiger partial charge in [-0.2, -0.15) is 16.8 Å². The maximum absolute atomic E-state index is 11.3. The molecule has 12 heteroatoms. The van der Waals surface area contributed by atoms with E-state index in [9.17, 15) is 25.9 Å². The number of rotatable bonds is 26. The minimum atomic E-state index is -4.10. The summed E-state index contributed by atoms with van der Waals surface area (Å²) >= 11 is 0. The van der Waals surface area contributed by atoms with Crippen molar-refractivity contribution in [1.29, 1.82) is 0 Å². The van der Waals surface area contributed by atoms with E-state index in [2.05, 4.69) is 13.8 Å². The molecule has 2 rings (SSSR count). The van der Waals surface area contributed by atoms with E-state index in [1.807, 2.05) is 12.1 Å². The lowest BCUT2D eigenvalue weighted by Crippen LogP contribution is -2.11. The minimum absolute atomic E-state index is 0.0610. The Balaban J connectivity index is 0. The molecule has 0 radical (unpaired) electrons. The molecule has 304 valence electrons. The maximum atomic E-state index is 11.3. The van der Waals surface area contributed by atoms with E-state index in [0.29, 0.717) is 39.0 Å². The Bertz CT molecular complexity index is 1190. The molecule has 0 amide bonds. The van der Waals surface area contributed by atoms with Gasteiger partial charge in [0.2, 0.25) is 0 Å². The van der Waals surface area contributed by atoms with Gasteiger partial charge in [-0.05, 0) is 48.9 Å². The predicted octanol–water partition coefficient (Wildman–Crippen LogP) is 8.60. The zero-order valence-corrected chi connectivity index (χ0v) is 34.3. The topological polar surface area (TPSA) is 213 Å². The van der Waals surface area contributed by atoms with Gasteiger partial charge in [0.05, 0.1) is 9.79 Å². The lowest BCUT2D eigenvalue weighted by atomic mass is 10.0. The fourth-order valence-corrected chi connectivity index (χ4v) is 7.03. The molecule has 10 N–H and O–H groups in total. The van der Waals surface area contributed by atoms with Gasteiger partial charge in [-0.3, -0.25) is 9.11 Å². The third kappa shape index (κ3) is 31.6. The van der Waals surface area contributed by atoms with Crippen LogP contribution in [0.3, 0.4) is 0 Å². The van der Waals surface area contributed by atoms with Crippen LogP contribution < -0.4 is 22.9 Å². The van der Waals surface area contributed by atoms with E-state index in [1.54, 1.807) is 24.3 Å². The van der Waals surface area contributed by atoms with Crippen molar-refractivity contribution in [1.82, 2.24) is 0 Å². The summed E-state index contributed by atoms with van der Waals surface area (Å²) in [4.78, 5) is 0.122. The van der Waals surface area contributed by atoms with Crippen LogP contribution >= 0.6 is 0 Å². The van der Waals surface area contributed by atoms with E-state index in [0.717, 1.165) is 36.8 Å². The summed E-state index contributed by atoms with van der Waals surface area (Å²) in [5, 5.41) is 0. The predicted molar refractivity (Wildman–Crippen MR) is 220 cm³/mol. The van der Waals surface area contributed by atoms with Gasteiger partial charge in [0.1, 0.15) is 0 Å². The maximum Gasteiger partial charge on any atom is 0.294 e. The number of nitrogens with two attached hydrogens (primary N) is 4. The molecule has 0 unspecified atom stereocenters. The van der Waals surface area contributed by atoms with E-state index < -0.39 is 20.2 Å². The van der Waals surface area contributed by atoms with Gasteiger partial charge in [-0.15, -0.1) is 0 Å². The average Bonchev–Trinajstić information content (AvgIpc) is 3.13. The van der Waals surface area contributed by atoms with Crippen molar-refractivity contribution in [3.05, 3.63) is 59.7 Å². The normalized spacial score (nSPS) is 11.1. The Morgan fingerprint density at radius 2 is 0.635 bits per heavy atom. The molecule has 0 bridgehead atoms. The number of unbranched alkanes of at least 4 members (excludes halogenated alkanes) is 18. The molecule has 0 aliphatic rings. The van der Waals surface area contributed by atoms with Crippen LogP contribution in [-0.4, -0.2) is 52.1 Å². The van der Waals surface area contributed by atoms with Gasteiger partial charge >= 0.3 is 0 Å². The highest BCUT2D eigenvalue weighted by Gasteiger charge is 2.14. The fourth-order valence-electron chi connectivity index (χ4n) is 5.53. The van der Waals surface area contributed by atoms with Crippen LogP contribution in [-0.2, 0) is 33.1 Å². The summed E-state index contributed by atoms with van der Waals surface area (Å²) in [5.41, 5.74) is 21.1. The van der Waals surface area contributed by atoms with Gasteiger partial charge in [-0.1, -0.05) is 166 Å². The third-order valence-corrected chi connectivity index (χ3v) is 10.3. The standard InChI is InChI=1S/2C18H30O3S.2C2H8N2/c2*1-2-3-4-5-6-7-8-9-10-11-14-17-15-12-13-16-18(17)22(19,20)21;2*3-1-2-4/h2*12-13,15-16H,2-11,14H2,1H3,(H,19,20,21);2*1-4H2. The Morgan fingerprint density at radius 1 is 0.404 bits per heavy atom. The molecule has 0 aliphatic heterocycles. The largest absolute Gasteiger partial charge is 0.329 e. The van der Waals surface area contributed by atoms with Crippen molar-refractivity contribution >= 4 is 20.2 Å². The van der Waals surface area contributed by atoms with Gasteiger partial charge in [0.15, 0.2) is 0 Å². The second kappa shape index (κ2) is 36.1. The Hall–Kier alpha value is -1.90. The Kier molecular flexibility index (Phi) is 36.2. The zero-order valence-electron chi connectivity index (χ0n) is 32.7. The fraction of sp³-hybridized carbons (Fsp3) is 0.700. The average molecular weight is 773 g/mol. The lowest BCUT2D eigenvalue weighted by Gasteiger charge is -2.07. The van der Waals surface area contributed by atoms with Crippen LogP contribution in [0.25, 0.3) is 0 Å². The first-order valence-electron chi connectivity index (χ1n) is 19.8. The van der Waals surface area contributed by atoms with Gasteiger partial charge in [-0.25, -0.2) is 0 Å². The van der Waals surface area contributed by atoms with Crippen LogP contribution in [0.2, 0.25) is 0 Å². The van der Waals surface area contributed by atoms with E-state index in [1.165, 1.54) is 115 Å². The first-order valence-corrected chi connectivity index (χ1v) is 22.7. The van der Waals surface area contributed by atoms with E-state index >= 15 is 0 Å². The lowest BCUT2D eigenvalue weighted by molar-refractivity contribution is 0.479. The molecule has 0 spiro atoms. The molecular weight excluding hydrogens is 697 g/mol. The molecule has 0 saturated heterocycles. The summed E-state index contributed by atoms with van der Waals surface area (Å²) in [6.45, 7) is 6.86. The van der Waals surface area contributed by atoms with Crippen LogP contribution in [0.15, 0.2) is 58.3 Å². The quantitative estimate of drug-likeness (QED) is 0.0396. The summed E-state index contributed by atoms with van der Waals surface area (Å²) in [7, 11) is -8.19. The number of hydrogen-bond acceptors (Lipinski definition) is 8. The molecule has 52 heavy (non-hydrogen) atoms. The van der Waals surface area contributed by atoms with Crippen LogP contribution in [0.1, 0.15) is 153 Å². The Morgan fingerprint density at radius 3 is 0.865 bits per heavy atom. The molecule has 0 aromatic heterocycles. The first-order chi connectivity index (χ1) is 24.9. The number of aryl methyl sites for hydroxylation is 2. The molecule has 10 nitrogen and oxygen atoms in total. The SMILES string of the molecule is CCCCCCCCCCCCc1ccccc1S(=O)(=O)O.CCCCCCCCCCCCc1ccccc1S(=O)(=O)O.NCCN.NCCN. The summed E-state index contributed by atoms with van der Waals surface area (Å²) < 4.78 is 63.6. The number of hydrogen-bond donors (Lipinski definition) is 6. The summed E-state index contributed by atoms with van der Waals surface area (Å²) in [6, 6.07) is 13.5. The van der Waals surface area contributed by atoms with Gasteiger partial charge in [0, 0.05) is 26.2 Å². The van der Waals surface area contributed by atoms with Crippen LogP contribution in [0, 0.1) is 0 Å². The second-order valence-corrected chi connectivity index (χ2v) is 16.0. The highest BCUT2D eigenvalue weighted by Crippen LogP contribution is 2.20. The minimum Gasteiger partial charge on any atom is -0.329 e. The van der Waals surface area contributed by atoms with Crippen LogP contribution in [0.5, 0.6) is 0 Å². The summed E-state index contributed by atoms with van der Waals surface area (Å²) in [6.07, 6.45) is 26.6. The molecule has 0 saturated carbocycles. The smallest absolute Gasteiger partial charge is 0.294 e. The van der Waals surface area contributed by atoms with Crippen molar-refractivity contribution in [2.75, 3.05) is 26.2 Å². The first kappa shape index (κ1) is 52.2. The highest BCUT2D eigenvalue weighted by atomic mass is 32.2. The van der Waals surface area contributed by atoms with Crippen molar-refractivity contribution < 1.29 is 25.9 Å². The second-order valence-electron chi connectivity index (χ2n) is 13.2.